The second-order valence-electron chi connectivity index (χ2n) is 3.10. The van der Waals surface area contributed by atoms with Crippen molar-refractivity contribution >= 4 is 26.2 Å². The van der Waals surface area contributed by atoms with Crippen LogP contribution in [0.25, 0.3) is 0 Å². The Balaban J connectivity index is 3.32. The zero-order valence-corrected chi connectivity index (χ0v) is 10.6. The lowest BCUT2D eigenvalue weighted by atomic mass is 10.2. The number of rotatable bonds is 3. The minimum Gasteiger partial charge on any atom is -0.249 e. The minimum absolute atomic E-state index is 0.356. The second-order valence-corrected chi connectivity index (χ2v) is 6.24. The van der Waals surface area contributed by atoms with Gasteiger partial charge in [0.05, 0.1) is 9.71 Å². The molecule has 0 amide bonds. The first kappa shape index (κ1) is 12.8. The normalized spacial score (nSPS) is 13.6. The quantitative estimate of drug-likeness (QED) is 0.294. The monoisotopic (exact) mass is 257 g/mol. The summed E-state index contributed by atoms with van der Waals surface area (Å²) in [6.45, 7) is 3.49. The first-order valence-electron chi connectivity index (χ1n) is 4.66. The molecule has 6 heteroatoms. The predicted molar refractivity (Wildman–Crippen MR) is 66.5 cm³/mol. The van der Waals surface area contributed by atoms with E-state index in [9.17, 15) is 4.21 Å². The Kier molecular flexibility index (Phi) is 4.16. The summed E-state index contributed by atoms with van der Waals surface area (Å²) >= 11 is 5.67. The summed E-state index contributed by atoms with van der Waals surface area (Å²) in [5.74, 6) is 0.356. The number of halogens is 1. The van der Waals surface area contributed by atoms with Gasteiger partial charge in [-0.05, 0) is 19.1 Å². The molecule has 0 saturated carbocycles. The molecule has 0 aliphatic heterocycles. The molecule has 1 N–H and O–H groups in total. The van der Waals surface area contributed by atoms with Gasteiger partial charge >= 0.3 is 0 Å². The van der Waals surface area contributed by atoms with Gasteiger partial charge in [-0.1, -0.05) is 18.5 Å². The van der Waals surface area contributed by atoms with Gasteiger partial charge in [-0.2, -0.15) is 5.26 Å². The first-order chi connectivity index (χ1) is 7.53. The number of aromatic nitrogens is 1. The van der Waals surface area contributed by atoms with Gasteiger partial charge in [-0.3, -0.25) is 0 Å². The Morgan fingerprint density at radius 3 is 2.81 bits per heavy atom. The van der Waals surface area contributed by atoms with Crippen LogP contribution in [0.2, 0.25) is 5.15 Å². The maximum absolute atomic E-state index is 12.3. The predicted octanol–water partition coefficient (Wildman–Crippen LogP) is 1.57. The maximum Gasteiger partial charge on any atom is 0.188 e. The van der Waals surface area contributed by atoms with Gasteiger partial charge in [0.15, 0.2) is 6.19 Å². The van der Waals surface area contributed by atoms with Crippen LogP contribution in [0.15, 0.2) is 18.3 Å². The second kappa shape index (κ2) is 5.19. The fourth-order valence-corrected chi connectivity index (χ4v) is 2.70. The van der Waals surface area contributed by atoms with E-state index in [0.29, 0.717) is 15.8 Å². The van der Waals surface area contributed by atoms with E-state index in [2.05, 4.69) is 9.71 Å². The van der Waals surface area contributed by atoms with Crippen LogP contribution in [-0.2, 0) is 9.71 Å². The maximum atomic E-state index is 12.3. The molecular weight excluding hydrogens is 246 g/mol. The van der Waals surface area contributed by atoms with Crippen molar-refractivity contribution in [2.45, 2.75) is 13.8 Å². The van der Waals surface area contributed by atoms with Gasteiger partial charge in [0.2, 0.25) is 0 Å². The van der Waals surface area contributed by atoms with E-state index in [1.165, 1.54) is 0 Å². The Labute approximate surface area is 100 Å². The van der Waals surface area contributed by atoms with E-state index in [4.69, 9.17) is 16.9 Å². The summed E-state index contributed by atoms with van der Waals surface area (Å²) < 4.78 is 14.7. The van der Waals surface area contributed by atoms with Gasteiger partial charge in [0.25, 0.3) is 0 Å². The summed E-state index contributed by atoms with van der Waals surface area (Å²) in [6, 6.07) is 3.36. The van der Waals surface area contributed by atoms with E-state index < -0.39 is 9.71 Å². The molecule has 16 heavy (non-hydrogen) atoms. The van der Waals surface area contributed by atoms with Gasteiger partial charge in [-0.15, -0.1) is 0 Å². The van der Waals surface area contributed by atoms with E-state index in [1.54, 1.807) is 38.4 Å². The number of nitriles is 1. The van der Waals surface area contributed by atoms with Crippen molar-refractivity contribution in [1.82, 2.24) is 9.71 Å². The summed E-state index contributed by atoms with van der Waals surface area (Å²) in [5, 5.41) is 8.96. The SMILES string of the molecule is CCS(=O)(NC#N)=C(C)c1ccc(Cl)nc1. The van der Waals surface area contributed by atoms with Crippen LogP contribution in [0.1, 0.15) is 19.4 Å². The van der Waals surface area contributed by atoms with Crippen LogP contribution < -0.4 is 4.72 Å². The average Bonchev–Trinajstić information content (AvgIpc) is 2.29. The van der Waals surface area contributed by atoms with E-state index in [-0.39, 0.29) is 0 Å². The highest BCUT2D eigenvalue weighted by Gasteiger charge is 2.10. The third-order valence-corrected chi connectivity index (χ3v) is 4.93. The van der Waals surface area contributed by atoms with E-state index >= 15 is 0 Å². The lowest BCUT2D eigenvalue weighted by Gasteiger charge is -2.11. The number of hydrogen-bond donors (Lipinski definition) is 1. The fraction of sp³-hybridized carbons (Fsp3) is 0.300. The number of hydrogen-bond acceptors (Lipinski definition) is 3. The molecule has 0 aliphatic rings. The van der Waals surface area contributed by atoms with Crippen LogP contribution in [0.5, 0.6) is 0 Å². The van der Waals surface area contributed by atoms with Crippen LogP contribution in [0, 0.1) is 11.5 Å². The molecule has 0 bridgehead atoms. The summed E-state index contributed by atoms with van der Waals surface area (Å²) in [4.78, 5) is 4.53. The molecule has 1 atom stereocenters. The molecule has 1 unspecified atom stereocenters. The highest BCUT2D eigenvalue weighted by Crippen LogP contribution is 2.08. The summed E-state index contributed by atoms with van der Waals surface area (Å²) in [7, 11) is -2.50. The molecule has 0 aromatic carbocycles. The molecule has 1 aromatic heterocycles. The zero-order valence-electron chi connectivity index (χ0n) is 9.03. The Bertz CT molecular complexity index is 524. The van der Waals surface area contributed by atoms with Crippen LogP contribution >= 0.6 is 11.6 Å². The number of nitrogens with zero attached hydrogens (tertiary/aromatic N) is 2. The van der Waals surface area contributed by atoms with E-state index in [0.717, 1.165) is 5.56 Å². The Hall–Kier alpha value is -1.25. The summed E-state index contributed by atoms with van der Waals surface area (Å²) in [6.07, 6.45) is 3.28. The van der Waals surface area contributed by atoms with Crippen LogP contribution in [-0.4, -0.2) is 19.8 Å². The molecule has 1 aromatic rings. The van der Waals surface area contributed by atoms with Crippen molar-refractivity contribution < 1.29 is 4.21 Å². The smallest absolute Gasteiger partial charge is 0.188 e. The van der Waals surface area contributed by atoms with Crippen molar-refractivity contribution in [3.8, 4) is 6.19 Å². The van der Waals surface area contributed by atoms with E-state index in [1.807, 2.05) is 0 Å². The zero-order chi connectivity index (χ0) is 12.2. The fourth-order valence-electron chi connectivity index (χ4n) is 1.21. The highest BCUT2D eigenvalue weighted by molar-refractivity contribution is 8.01. The molecule has 4 nitrogen and oxygen atoms in total. The lowest BCUT2D eigenvalue weighted by molar-refractivity contribution is 0.678. The molecule has 1 rings (SSSR count). The van der Waals surface area contributed by atoms with Gasteiger partial charge < -0.3 is 0 Å². The van der Waals surface area contributed by atoms with Crippen molar-refractivity contribution in [1.29, 1.82) is 5.26 Å². The minimum atomic E-state index is -2.50. The van der Waals surface area contributed by atoms with Crippen LogP contribution in [0.4, 0.5) is 0 Å². The molecule has 0 saturated heterocycles. The molecular formula is C10H12ClN3OS. The Morgan fingerprint density at radius 2 is 2.38 bits per heavy atom. The Morgan fingerprint density at radius 1 is 1.69 bits per heavy atom. The third kappa shape index (κ3) is 2.65. The van der Waals surface area contributed by atoms with Crippen molar-refractivity contribution in [3.05, 3.63) is 29.0 Å². The topological polar surface area (TPSA) is 65.8 Å². The molecule has 86 valence electrons. The molecule has 0 aliphatic carbocycles. The lowest BCUT2D eigenvalue weighted by Crippen LogP contribution is -2.27. The van der Waals surface area contributed by atoms with Crippen LogP contribution in [0.3, 0.4) is 0 Å². The average molecular weight is 258 g/mol. The highest BCUT2D eigenvalue weighted by atomic mass is 35.5. The summed E-state index contributed by atoms with van der Waals surface area (Å²) in [5.41, 5.74) is 0.721. The molecule has 0 radical (unpaired) electrons. The first-order valence-corrected chi connectivity index (χ1v) is 6.77. The third-order valence-electron chi connectivity index (χ3n) is 2.25. The van der Waals surface area contributed by atoms with Crippen molar-refractivity contribution in [2.24, 2.45) is 0 Å². The molecule has 0 spiro atoms. The van der Waals surface area contributed by atoms with Crippen molar-refractivity contribution in [3.63, 3.8) is 0 Å². The molecule has 1 heterocycles. The number of nitrogens with one attached hydrogen (secondary N) is 1. The van der Waals surface area contributed by atoms with Gasteiger partial charge in [0, 0.05) is 22.4 Å². The van der Waals surface area contributed by atoms with Gasteiger partial charge in [-0.25, -0.2) is 13.9 Å². The molecule has 0 fully saturated rings. The van der Waals surface area contributed by atoms with Crippen molar-refractivity contribution in [2.75, 3.05) is 5.75 Å². The number of pyridine rings is 1. The standard InChI is InChI=1S/C10H12ClN3OS/c1-3-16(15,14-7-12)8(2)9-4-5-10(11)13-6-9/h4-6H,3H2,1-2H3,(H,14,15). The van der Waals surface area contributed by atoms with Gasteiger partial charge in [0.1, 0.15) is 5.15 Å². The largest absolute Gasteiger partial charge is 0.249 e.